The van der Waals surface area contributed by atoms with Crippen LogP contribution in [0.5, 0.6) is 0 Å². The highest BCUT2D eigenvalue weighted by atomic mass is 32.2. The number of anilines is 1. The van der Waals surface area contributed by atoms with Crippen molar-refractivity contribution in [3.63, 3.8) is 0 Å². The largest absolute Gasteiger partial charge is 0.368 e. The lowest BCUT2D eigenvalue weighted by Crippen LogP contribution is -2.53. The van der Waals surface area contributed by atoms with Gasteiger partial charge in [0.1, 0.15) is 0 Å². The van der Waals surface area contributed by atoms with Gasteiger partial charge in [0.15, 0.2) is 0 Å². The Morgan fingerprint density at radius 1 is 1.14 bits per heavy atom. The van der Waals surface area contributed by atoms with E-state index in [2.05, 4.69) is 52.5 Å². The summed E-state index contributed by atoms with van der Waals surface area (Å²) in [5.74, 6) is 0. The Morgan fingerprint density at radius 2 is 2.00 bits per heavy atom. The van der Waals surface area contributed by atoms with Gasteiger partial charge in [0.2, 0.25) is 0 Å². The van der Waals surface area contributed by atoms with Gasteiger partial charge in [-0.25, -0.2) is 0 Å². The quantitative estimate of drug-likeness (QED) is 0.696. The zero-order chi connectivity index (χ0) is 24.2. The van der Waals surface area contributed by atoms with Crippen LogP contribution in [0.15, 0.2) is 36.5 Å². The fraction of sp³-hybridized carbons (Fsp3) is 0.577. The highest BCUT2D eigenvalue weighted by Gasteiger charge is 2.45. The third kappa shape index (κ3) is 4.17. The van der Waals surface area contributed by atoms with Crippen LogP contribution in [0.25, 0.3) is 0 Å². The lowest BCUT2D eigenvalue weighted by Gasteiger charge is -2.40. The molecule has 35 heavy (non-hydrogen) atoms. The van der Waals surface area contributed by atoms with Crippen molar-refractivity contribution in [1.29, 1.82) is 0 Å². The number of benzene rings is 1. The SMILES string of the molecule is CN(C[C@H]1Cc2c(cccc2N2CCN3[C@H](C2)CN(C)S3(=O)=O)CN1)[C@H]1CCCc2cccnc21. The van der Waals surface area contributed by atoms with Crippen LogP contribution in [0.4, 0.5) is 5.69 Å². The van der Waals surface area contributed by atoms with Gasteiger partial charge < -0.3 is 10.2 Å². The molecular weight excluding hydrogens is 460 g/mol. The minimum Gasteiger partial charge on any atom is -0.368 e. The summed E-state index contributed by atoms with van der Waals surface area (Å²) in [6.07, 6.45) is 6.44. The molecule has 6 rings (SSSR count). The number of pyridine rings is 1. The van der Waals surface area contributed by atoms with Gasteiger partial charge in [-0.05, 0) is 61.6 Å². The maximum absolute atomic E-state index is 12.6. The maximum Gasteiger partial charge on any atom is 0.282 e. The zero-order valence-electron chi connectivity index (χ0n) is 20.7. The first-order valence-corrected chi connectivity index (χ1v) is 14.3. The Balaban J connectivity index is 1.18. The van der Waals surface area contributed by atoms with Gasteiger partial charge in [0, 0.05) is 64.2 Å². The molecule has 0 radical (unpaired) electrons. The summed E-state index contributed by atoms with van der Waals surface area (Å²) in [6, 6.07) is 11.7. The number of aromatic nitrogens is 1. The summed E-state index contributed by atoms with van der Waals surface area (Å²) < 4.78 is 28.3. The van der Waals surface area contributed by atoms with E-state index in [1.54, 1.807) is 11.4 Å². The van der Waals surface area contributed by atoms with Crippen molar-refractivity contribution < 1.29 is 8.42 Å². The molecule has 2 fully saturated rings. The lowest BCUT2D eigenvalue weighted by molar-refractivity contribution is 0.191. The fourth-order valence-electron chi connectivity index (χ4n) is 6.59. The molecule has 8 nitrogen and oxygen atoms in total. The Hall–Kier alpha value is -2.04. The number of hydrogen-bond donors (Lipinski definition) is 1. The third-order valence-electron chi connectivity index (χ3n) is 8.41. The molecule has 0 saturated carbocycles. The van der Waals surface area contributed by atoms with E-state index in [9.17, 15) is 8.42 Å². The van der Waals surface area contributed by atoms with E-state index in [0.717, 1.165) is 45.4 Å². The van der Waals surface area contributed by atoms with Gasteiger partial charge in [-0.3, -0.25) is 9.88 Å². The molecule has 1 N–H and O–H groups in total. The first-order chi connectivity index (χ1) is 16.9. The van der Waals surface area contributed by atoms with Gasteiger partial charge >= 0.3 is 0 Å². The molecule has 2 aromatic rings. The van der Waals surface area contributed by atoms with Gasteiger partial charge in [-0.2, -0.15) is 17.0 Å². The number of piperazine rings is 1. The number of aryl methyl sites for hydroxylation is 1. The average Bonchev–Trinajstić information content (AvgIpc) is 3.10. The van der Waals surface area contributed by atoms with Gasteiger partial charge in [0.05, 0.1) is 17.8 Å². The Labute approximate surface area is 209 Å². The van der Waals surface area contributed by atoms with Crippen LogP contribution in [0.2, 0.25) is 0 Å². The standard InChI is InChI=1S/C26H36N6O2S/c1-29(25-10-3-6-19-8-5-11-27-26(19)25)16-21-14-23-20(15-28-21)7-4-9-24(23)31-12-13-32-22(18-31)17-30(2)35(32,33)34/h4-5,7-9,11,21-22,25,28H,3,6,10,12-18H2,1-2H3/t21-,22+,25+/m1/s1. The first-order valence-electron chi connectivity index (χ1n) is 12.9. The minimum atomic E-state index is -3.28. The van der Waals surface area contributed by atoms with Crippen molar-refractivity contribution in [2.75, 3.05) is 51.7 Å². The molecule has 1 aliphatic carbocycles. The molecule has 2 saturated heterocycles. The van der Waals surface area contributed by atoms with Crippen LogP contribution in [0, 0.1) is 0 Å². The summed E-state index contributed by atoms with van der Waals surface area (Å²) in [4.78, 5) is 9.66. The van der Waals surface area contributed by atoms with Crippen molar-refractivity contribution >= 4 is 15.9 Å². The van der Waals surface area contributed by atoms with Gasteiger partial charge in [-0.15, -0.1) is 0 Å². The van der Waals surface area contributed by atoms with Crippen molar-refractivity contribution in [2.24, 2.45) is 0 Å². The van der Waals surface area contributed by atoms with Gasteiger partial charge in [0.25, 0.3) is 10.2 Å². The highest BCUT2D eigenvalue weighted by Crippen LogP contribution is 2.35. The third-order valence-corrected chi connectivity index (χ3v) is 10.4. The molecule has 9 heteroatoms. The number of likely N-dealkylation sites (N-methyl/N-ethyl adjacent to an activating group) is 2. The summed E-state index contributed by atoms with van der Waals surface area (Å²) in [5.41, 5.74) is 6.73. The van der Waals surface area contributed by atoms with E-state index in [-0.39, 0.29) is 6.04 Å². The van der Waals surface area contributed by atoms with Crippen LogP contribution < -0.4 is 10.2 Å². The number of nitrogens with one attached hydrogen (secondary N) is 1. The second-order valence-electron chi connectivity index (χ2n) is 10.6. The predicted octanol–water partition coefficient (Wildman–Crippen LogP) is 1.79. The van der Waals surface area contributed by atoms with E-state index in [1.165, 1.54) is 38.8 Å². The molecule has 4 heterocycles. The molecular formula is C26H36N6O2S. The van der Waals surface area contributed by atoms with Crippen molar-refractivity contribution in [3.05, 3.63) is 58.9 Å². The predicted molar refractivity (Wildman–Crippen MR) is 138 cm³/mol. The van der Waals surface area contributed by atoms with Crippen LogP contribution in [-0.2, 0) is 29.6 Å². The highest BCUT2D eigenvalue weighted by molar-refractivity contribution is 7.87. The van der Waals surface area contributed by atoms with Gasteiger partial charge in [-0.1, -0.05) is 18.2 Å². The minimum absolute atomic E-state index is 0.0251. The fourth-order valence-corrected chi connectivity index (χ4v) is 8.13. The molecule has 3 aliphatic heterocycles. The second kappa shape index (κ2) is 9.12. The van der Waals surface area contributed by atoms with Crippen molar-refractivity contribution in [3.8, 4) is 0 Å². The number of hydrogen-bond acceptors (Lipinski definition) is 6. The molecule has 0 amide bonds. The van der Waals surface area contributed by atoms with Crippen molar-refractivity contribution in [2.45, 2.75) is 50.4 Å². The summed E-state index contributed by atoms with van der Waals surface area (Å²) >= 11 is 0. The Kier molecular flexibility index (Phi) is 6.09. The molecule has 0 spiro atoms. The normalized spacial score (nSPS) is 28.5. The van der Waals surface area contributed by atoms with Crippen molar-refractivity contribution in [1.82, 2.24) is 23.8 Å². The summed E-state index contributed by atoms with van der Waals surface area (Å²) in [5, 5.41) is 3.78. The zero-order valence-corrected chi connectivity index (χ0v) is 21.5. The number of nitrogens with zero attached hydrogens (tertiary/aromatic N) is 5. The molecule has 0 unspecified atom stereocenters. The second-order valence-corrected chi connectivity index (χ2v) is 12.6. The molecule has 4 aliphatic rings. The number of rotatable bonds is 4. The molecule has 3 atom stereocenters. The Bertz CT molecular complexity index is 1200. The maximum atomic E-state index is 12.6. The number of fused-ring (bicyclic) bond motifs is 3. The average molecular weight is 497 g/mol. The van der Waals surface area contributed by atoms with Crippen LogP contribution in [0.3, 0.4) is 0 Å². The monoisotopic (exact) mass is 496 g/mol. The summed E-state index contributed by atoms with van der Waals surface area (Å²) in [7, 11) is 0.650. The van der Waals surface area contributed by atoms with E-state index in [0.29, 0.717) is 25.2 Å². The molecule has 188 valence electrons. The van der Waals surface area contributed by atoms with E-state index < -0.39 is 10.2 Å². The summed E-state index contributed by atoms with van der Waals surface area (Å²) in [6.45, 7) is 4.47. The smallest absolute Gasteiger partial charge is 0.282 e. The lowest BCUT2D eigenvalue weighted by atomic mass is 9.89. The molecule has 0 bridgehead atoms. The molecule has 1 aromatic heterocycles. The topological polar surface area (TPSA) is 72.0 Å². The molecule has 1 aromatic carbocycles. The van der Waals surface area contributed by atoms with Crippen LogP contribution in [0.1, 0.15) is 41.3 Å². The van der Waals surface area contributed by atoms with E-state index in [4.69, 9.17) is 4.98 Å². The van der Waals surface area contributed by atoms with Crippen LogP contribution in [-0.4, -0.2) is 85.8 Å². The first kappa shape index (κ1) is 23.4. The Morgan fingerprint density at radius 3 is 2.89 bits per heavy atom. The van der Waals surface area contributed by atoms with Crippen LogP contribution >= 0.6 is 0 Å². The van der Waals surface area contributed by atoms with E-state index in [1.807, 2.05) is 6.20 Å². The van der Waals surface area contributed by atoms with E-state index >= 15 is 0 Å².